The predicted molar refractivity (Wildman–Crippen MR) is 262 cm³/mol. The fraction of sp³-hybridized carbons (Fsp3) is 0.478. The van der Waals surface area contributed by atoms with Crippen molar-refractivity contribution < 1.29 is 38.8 Å². The molecule has 64 heavy (non-hydrogen) atoms. The molecule has 2 aromatic carbocycles. The maximum absolute atomic E-state index is 11.3. The number of hydrogen-bond acceptors (Lipinski definition) is 13. The number of methoxy groups -OCH3 is 2. The number of aromatic nitrogens is 2. The molecule has 0 aliphatic heterocycles. The number of nitrogens with zero attached hydrogens (tertiary/aromatic N) is 5. The van der Waals surface area contributed by atoms with Crippen LogP contribution in [0.15, 0.2) is 65.9 Å². The van der Waals surface area contributed by atoms with Crippen molar-refractivity contribution in [3.63, 3.8) is 0 Å². The smallest absolute Gasteiger partial charge is 0.316 e. The van der Waals surface area contributed by atoms with E-state index in [0.717, 1.165) is 104 Å². The van der Waals surface area contributed by atoms with E-state index < -0.39 is 17.1 Å². The first kappa shape index (κ1) is 59.2. The molecule has 10 N–H and O–H groups in total. The van der Waals surface area contributed by atoms with Gasteiger partial charge in [0.15, 0.2) is 0 Å². The zero-order valence-corrected chi connectivity index (χ0v) is 40.1. The summed E-state index contributed by atoms with van der Waals surface area (Å²) in [5.41, 5.74) is 15.6. The Morgan fingerprint density at radius 2 is 1.30 bits per heavy atom. The van der Waals surface area contributed by atoms with E-state index in [4.69, 9.17) is 15.2 Å². The number of nitrogens with two attached hydrogens (primary N) is 1. The van der Waals surface area contributed by atoms with Crippen LogP contribution >= 0.6 is 12.6 Å². The van der Waals surface area contributed by atoms with Crippen molar-refractivity contribution in [3.05, 3.63) is 83.2 Å². The Hall–Kier alpha value is -4.75. The fourth-order valence-electron chi connectivity index (χ4n) is 7.38. The number of anilines is 1. The van der Waals surface area contributed by atoms with Crippen molar-refractivity contribution in [1.82, 2.24) is 25.9 Å². The standard InChI is InChI=1S/C16H17N3O2.C16H14N2O2.C7H17NO2S.C7H17NS.H3N.2H2O/c1-21-14-9-11(7-8-18-14)13-6-5-10-3-2-4-12(10)15(13)19-16(17)20;1-20-15-9-12(7-8-17-15)14-6-5-11-3-2-4-13(11)16(14)18-10-19;1-3-8(4-2)6-5-7-11(9)10;1-3-8(4-2)6-5-7-9;;;/h5-9H,2-4H2,1H3,(H3,17,19,20);5-9H,2-4H2,1H3;3-7H2,1-2H3,(H,9,10);9H,3-7H2,1-2H3;1H3;2*1H2/p-1. The van der Waals surface area contributed by atoms with Crippen molar-refractivity contribution in [1.29, 1.82) is 0 Å². The molecule has 0 fully saturated rings. The lowest BCUT2D eigenvalue weighted by atomic mass is 9.98. The number of benzene rings is 2. The number of carbonyl (C=O) groups is 1. The Balaban J connectivity index is 0.000000862. The first-order valence-electron chi connectivity index (χ1n) is 21.1. The zero-order chi connectivity index (χ0) is 44.6. The third-order valence-corrected chi connectivity index (χ3v) is 11.6. The molecule has 2 amide bonds. The molecule has 356 valence electrons. The normalized spacial score (nSPS) is 12.0. The summed E-state index contributed by atoms with van der Waals surface area (Å²) in [6, 6.07) is 15.2. The Bertz CT molecular complexity index is 2050. The SMILES string of the molecule is CCN(CC)CCCS.CCN(CC)CCCS(=O)[O-].COc1cc(-c2ccc3c(c2N=C=O)CCC3)ccn1.COc1cc(-c2ccc3c(c2NC(N)=O)CCC3)ccn1.N.O.O. The molecule has 1 unspecified atom stereocenters. The number of hydrogen-bond donors (Lipinski definition) is 4. The maximum Gasteiger partial charge on any atom is 0.316 e. The zero-order valence-electron chi connectivity index (χ0n) is 38.4. The van der Waals surface area contributed by atoms with Crippen LogP contribution in [-0.2, 0) is 41.6 Å². The van der Waals surface area contributed by atoms with E-state index in [1.165, 1.54) is 48.3 Å². The number of primary amides is 1. The number of nitrogens with one attached hydrogen (secondary N) is 1. The molecule has 2 aliphatic rings. The molecule has 16 nitrogen and oxygen atoms in total. The summed E-state index contributed by atoms with van der Waals surface area (Å²) >= 11 is 2.28. The number of thiol groups is 1. The molecule has 0 saturated heterocycles. The van der Waals surface area contributed by atoms with Crippen molar-refractivity contribution >= 4 is 47.2 Å². The van der Waals surface area contributed by atoms with Crippen molar-refractivity contribution in [2.45, 2.75) is 79.1 Å². The summed E-state index contributed by atoms with van der Waals surface area (Å²) in [7, 11) is 3.16. The largest absolute Gasteiger partial charge is 0.772 e. The van der Waals surface area contributed by atoms with Crippen LogP contribution in [0.5, 0.6) is 11.8 Å². The lowest BCUT2D eigenvalue weighted by Crippen LogP contribution is -2.24. The van der Waals surface area contributed by atoms with Crippen LogP contribution in [-0.4, -0.2) is 117 Å². The van der Waals surface area contributed by atoms with E-state index >= 15 is 0 Å². The summed E-state index contributed by atoms with van der Waals surface area (Å²) in [5, 5.41) is 2.79. The van der Waals surface area contributed by atoms with Gasteiger partial charge in [0.25, 0.3) is 0 Å². The van der Waals surface area contributed by atoms with Gasteiger partial charge in [-0.25, -0.2) is 19.6 Å². The van der Waals surface area contributed by atoms with E-state index in [0.29, 0.717) is 11.8 Å². The molecule has 18 heteroatoms. The van der Waals surface area contributed by atoms with Crippen molar-refractivity contribution in [2.24, 2.45) is 10.7 Å². The monoisotopic (exact) mass is 927 g/mol. The molecule has 2 aromatic heterocycles. The lowest BCUT2D eigenvalue weighted by molar-refractivity contribution is 0.259. The summed E-state index contributed by atoms with van der Waals surface area (Å²) in [6.07, 6.45) is 13.3. The quantitative estimate of drug-likeness (QED) is 0.0374. The van der Waals surface area contributed by atoms with Gasteiger partial charge in [-0.1, -0.05) is 63.0 Å². The van der Waals surface area contributed by atoms with Gasteiger partial charge in [0, 0.05) is 41.4 Å². The molecular weight excluding hydrogens is 857 g/mol. The highest BCUT2D eigenvalue weighted by atomic mass is 32.2. The number of carbonyl (C=O) groups excluding carboxylic acids is 2. The van der Waals surface area contributed by atoms with Gasteiger partial charge in [-0.2, -0.15) is 17.6 Å². The molecule has 0 spiro atoms. The van der Waals surface area contributed by atoms with Gasteiger partial charge < -0.3 is 52.0 Å². The van der Waals surface area contributed by atoms with Gasteiger partial charge in [0.1, 0.15) is 0 Å². The number of pyridine rings is 2. The first-order chi connectivity index (χ1) is 29.6. The van der Waals surface area contributed by atoms with Gasteiger partial charge in [-0.05, 0) is 142 Å². The Morgan fingerprint density at radius 1 is 0.812 bits per heavy atom. The van der Waals surface area contributed by atoms with E-state index in [2.05, 4.69) is 82.5 Å². The van der Waals surface area contributed by atoms with Gasteiger partial charge in [-0.3, -0.25) is 4.21 Å². The van der Waals surface area contributed by atoms with Crippen LogP contribution in [0.4, 0.5) is 16.2 Å². The number of aliphatic imine (C=N–C) groups is 1. The van der Waals surface area contributed by atoms with Crippen LogP contribution in [0.3, 0.4) is 0 Å². The second-order valence-electron chi connectivity index (χ2n) is 14.3. The van der Waals surface area contributed by atoms with Gasteiger partial charge >= 0.3 is 6.03 Å². The average Bonchev–Trinajstić information content (AvgIpc) is 3.97. The third-order valence-electron chi connectivity index (χ3n) is 10.7. The molecule has 6 rings (SSSR count). The Labute approximate surface area is 387 Å². The van der Waals surface area contributed by atoms with Crippen LogP contribution in [0.2, 0.25) is 0 Å². The topological polar surface area (TPSA) is 273 Å². The van der Waals surface area contributed by atoms with E-state index in [9.17, 15) is 18.4 Å². The lowest BCUT2D eigenvalue weighted by Gasteiger charge is -2.17. The molecule has 0 saturated carbocycles. The Morgan fingerprint density at radius 3 is 1.77 bits per heavy atom. The highest BCUT2D eigenvalue weighted by Gasteiger charge is 2.21. The van der Waals surface area contributed by atoms with Crippen molar-refractivity contribution in [3.8, 4) is 34.0 Å². The highest BCUT2D eigenvalue weighted by Crippen LogP contribution is 2.40. The molecule has 0 bridgehead atoms. The number of ether oxygens (including phenoxy) is 2. The second-order valence-corrected chi connectivity index (χ2v) is 15.8. The second kappa shape index (κ2) is 32.8. The minimum Gasteiger partial charge on any atom is -0.772 e. The average molecular weight is 928 g/mol. The molecule has 2 heterocycles. The molecule has 4 aromatic rings. The molecule has 2 aliphatic carbocycles. The van der Waals surface area contributed by atoms with Crippen LogP contribution < -0.4 is 26.7 Å². The third kappa shape index (κ3) is 18.8. The van der Waals surface area contributed by atoms with Crippen LogP contribution in [0.25, 0.3) is 22.3 Å². The molecular formula is C46H71N8O8S2-. The summed E-state index contributed by atoms with van der Waals surface area (Å²) in [5.74, 6) is 2.38. The summed E-state index contributed by atoms with van der Waals surface area (Å²) in [4.78, 5) is 38.9. The first-order valence-corrected chi connectivity index (χ1v) is 23.0. The fourth-order valence-corrected chi connectivity index (χ4v) is 7.89. The molecule has 0 radical (unpaired) electrons. The van der Waals surface area contributed by atoms with E-state index in [-0.39, 0.29) is 22.9 Å². The number of amides is 2. The summed E-state index contributed by atoms with van der Waals surface area (Å²) < 4.78 is 30.6. The van der Waals surface area contributed by atoms with Crippen molar-refractivity contribution in [2.75, 3.05) is 70.3 Å². The highest BCUT2D eigenvalue weighted by molar-refractivity contribution is 7.80. The predicted octanol–water partition coefficient (Wildman–Crippen LogP) is 6.71. The van der Waals surface area contributed by atoms with E-state index in [1.807, 2.05) is 36.4 Å². The Kier molecular flexibility index (Phi) is 30.4. The minimum absolute atomic E-state index is 0. The number of urea groups is 1. The minimum atomic E-state index is -1.86. The number of aryl methyl sites for hydroxylation is 2. The number of isocyanates is 1. The number of rotatable bonds is 17. The summed E-state index contributed by atoms with van der Waals surface area (Å²) in [6.45, 7) is 15.0. The van der Waals surface area contributed by atoms with Crippen LogP contribution in [0, 0.1) is 0 Å². The van der Waals surface area contributed by atoms with Crippen LogP contribution in [0.1, 0.15) is 75.6 Å². The van der Waals surface area contributed by atoms with Gasteiger partial charge in [0.05, 0.1) is 25.6 Å². The van der Waals surface area contributed by atoms with E-state index in [1.54, 1.807) is 32.7 Å². The van der Waals surface area contributed by atoms with Gasteiger partial charge in [-0.15, -0.1) is 0 Å². The molecule has 1 atom stereocenters. The maximum atomic E-state index is 11.3. The number of fused-ring (bicyclic) bond motifs is 2. The van der Waals surface area contributed by atoms with Gasteiger partial charge in [0.2, 0.25) is 17.8 Å².